The summed E-state index contributed by atoms with van der Waals surface area (Å²) < 4.78 is 10.8. The molecule has 2 aromatic rings. The Balaban J connectivity index is 2.01. The largest absolute Gasteiger partial charge is 0.493 e. The van der Waals surface area contributed by atoms with E-state index in [0.717, 1.165) is 0 Å². The van der Waals surface area contributed by atoms with Crippen LogP contribution in [0.3, 0.4) is 0 Å². The van der Waals surface area contributed by atoms with Gasteiger partial charge < -0.3 is 20.5 Å². The highest BCUT2D eigenvalue weighted by Gasteiger charge is 2.16. The molecule has 110 valence electrons. The molecule has 0 heterocycles. The van der Waals surface area contributed by atoms with E-state index in [1.807, 2.05) is 12.1 Å². The van der Waals surface area contributed by atoms with Crippen molar-refractivity contribution in [3.63, 3.8) is 0 Å². The number of methoxy groups -OCH3 is 1. The van der Waals surface area contributed by atoms with Gasteiger partial charge in [0.2, 0.25) is 0 Å². The van der Waals surface area contributed by atoms with Crippen LogP contribution in [-0.2, 0) is 4.79 Å². The smallest absolute Gasteiger partial charge is 0.265 e. The monoisotopic (exact) mass is 286 g/mol. The van der Waals surface area contributed by atoms with Gasteiger partial charge in [-0.05, 0) is 43.3 Å². The minimum Gasteiger partial charge on any atom is -0.493 e. The van der Waals surface area contributed by atoms with Crippen LogP contribution < -0.4 is 20.5 Å². The van der Waals surface area contributed by atoms with Crippen LogP contribution in [0.5, 0.6) is 11.5 Å². The van der Waals surface area contributed by atoms with Gasteiger partial charge in [-0.3, -0.25) is 4.79 Å². The number of para-hydroxylation sites is 2. The highest BCUT2D eigenvalue weighted by atomic mass is 16.5. The van der Waals surface area contributed by atoms with Crippen molar-refractivity contribution in [2.24, 2.45) is 0 Å². The Bertz CT molecular complexity index is 611. The Hall–Kier alpha value is -2.69. The van der Waals surface area contributed by atoms with Crippen molar-refractivity contribution in [3.8, 4) is 11.5 Å². The molecule has 0 aliphatic rings. The second-order valence-electron chi connectivity index (χ2n) is 4.52. The summed E-state index contributed by atoms with van der Waals surface area (Å²) in [6.07, 6.45) is -0.654. The zero-order valence-corrected chi connectivity index (χ0v) is 12.0. The Morgan fingerprint density at radius 2 is 1.71 bits per heavy atom. The Morgan fingerprint density at radius 3 is 2.33 bits per heavy atom. The third-order valence-electron chi connectivity index (χ3n) is 2.92. The molecule has 0 radical (unpaired) electrons. The van der Waals surface area contributed by atoms with Gasteiger partial charge in [-0.2, -0.15) is 0 Å². The molecule has 1 unspecified atom stereocenters. The zero-order valence-electron chi connectivity index (χ0n) is 12.0. The minimum absolute atomic E-state index is 0.245. The summed E-state index contributed by atoms with van der Waals surface area (Å²) in [5.74, 6) is 0.871. The maximum absolute atomic E-state index is 12.1. The second-order valence-corrected chi connectivity index (χ2v) is 4.52. The maximum Gasteiger partial charge on any atom is 0.265 e. The van der Waals surface area contributed by atoms with Gasteiger partial charge in [0.15, 0.2) is 17.6 Å². The summed E-state index contributed by atoms with van der Waals surface area (Å²) in [5.41, 5.74) is 6.92. The molecule has 1 amide bonds. The first kappa shape index (κ1) is 14.7. The molecule has 0 spiro atoms. The van der Waals surface area contributed by atoms with Gasteiger partial charge in [-0.15, -0.1) is 0 Å². The average molecular weight is 286 g/mol. The molecule has 0 fully saturated rings. The van der Waals surface area contributed by atoms with E-state index in [0.29, 0.717) is 22.9 Å². The van der Waals surface area contributed by atoms with Crippen molar-refractivity contribution >= 4 is 17.3 Å². The lowest BCUT2D eigenvalue weighted by atomic mass is 10.2. The van der Waals surface area contributed by atoms with Gasteiger partial charge in [0, 0.05) is 11.4 Å². The van der Waals surface area contributed by atoms with Crippen LogP contribution in [0.25, 0.3) is 0 Å². The summed E-state index contributed by atoms with van der Waals surface area (Å²) >= 11 is 0. The van der Waals surface area contributed by atoms with Gasteiger partial charge in [0.1, 0.15) is 0 Å². The predicted molar refractivity (Wildman–Crippen MR) is 82.6 cm³/mol. The summed E-state index contributed by atoms with van der Waals surface area (Å²) in [7, 11) is 1.56. The van der Waals surface area contributed by atoms with E-state index in [4.69, 9.17) is 15.2 Å². The van der Waals surface area contributed by atoms with Gasteiger partial charge in [-0.25, -0.2) is 0 Å². The van der Waals surface area contributed by atoms with Crippen LogP contribution in [-0.4, -0.2) is 19.1 Å². The number of rotatable bonds is 5. The number of nitrogen functional groups attached to an aromatic ring is 1. The quantitative estimate of drug-likeness (QED) is 0.829. The molecule has 0 saturated carbocycles. The van der Waals surface area contributed by atoms with E-state index < -0.39 is 6.10 Å². The van der Waals surface area contributed by atoms with Crippen LogP contribution in [0, 0.1) is 0 Å². The van der Waals surface area contributed by atoms with Crippen LogP contribution in [0.15, 0.2) is 48.5 Å². The van der Waals surface area contributed by atoms with E-state index in [-0.39, 0.29) is 5.91 Å². The first-order chi connectivity index (χ1) is 10.1. The van der Waals surface area contributed by atoms with Gasteiger partial charge in [0.05, 0.1) is 7.11 Å². The van der Waals surface area contributed by atoms with Crippen LogP contribution in [0.4, 0.5) is 11.4 Å². The number of anilines is 2. The first-order valence-electron chi connectivity index (χ1n) is 6.56. The van der Waals surface area contributed by atoms with Crippen LogP contribution in [0.2, 0.25) is 0 Å². The molecule has 0 aliphatic carbocycles. The van der Waals surface area contributed by atoms with Crippen molar-refractivity contribution in [2.45, 2.75) is 13.0 Å². The normalized spacial score (nSPS) is 11.5. The third-order valence-corrected chi connectivity index (χ3v) is 2.92. The van der Waals surface area contributed by atoms with Crippen molar-refractivity contribution in [2.75, 3.05) is 18.2 Å². The molecule has 0 bridgehead atoms. The second kappa shape index (κ2) is 6.65. The lowest BCUT2D eigenvalue weighted by Gasteiger charge is -2.16. The Kier molecular flexibility index (Phi) is 4.66. The van der Waals surface area contributed by atoms with Gasteiger partial charge in [-0.1, -0.05) is 12.1 Å². The SMILES string of the molecule is COc1ccccc1OC(C)C(=O)Nc1ccc(N)cc1. The standard InChI is InChI=1S/C16H18N2O3/c1-11(21-15-6-4-3-5-14(15)20-2)16(19)18-13-9-7-12(17)8-10-13/h3-11H,17H2,1-2H3,(H,18,19). The number of amides is 1. The first-order valence-corrected chi connectivity index (χ1v) is 6.56. The number of carbonyl (C=O) groups is 1. The molecule has 3 N–H and O–H groups in total. The van der Waals surface area contributed by atoms with Crippen LogP contribution >= 0.6 is 0 Å². The van der Waals surface area contributed by atoms with E-state index in [1.165, 1.54) is 0 Å². The molecule has 1 atom stereocenters. The van der Waals surface area contributed by atoms with Crippen molar-refractivity contribution in [1.29, 1.82) is 0 Å². The summed E-state index contributed by atoms with van der Waals surface area (Å²) in [6.45, 7) is 1.68. The molecule has 21 heavy (non-hydrogen) atoms. The predicted octanol–water partition coefficient (Wildman–Crippen LogP) is 2.68. The lowest BCUT2D eigenvalue weighted by molar-refractivity contribution is -0.122. The van der Waals surface area contributed by atoms with Crippen molar-refractivity contribution < 1.29 is 14.3 Å². The fourth-order valence-electron chi connectivity index (χ4n) is 1.77. The topological polar surface area (TPSA) is 73.6 Å². The number of hydrogen-bond donors (Lipinski definition) is 2. The van der Waals surface area contributed by atoms with Crippen molar-refractivity contribution in [3.05, 3.63) is 48.5 Å². The zero-order chi connectivity index (χ0) is 15.2. The highest BCUT2D eigenvalue weighted by Crippen LogP contribution is 2.27. The van der Waals surface area contributed by atoms with E-state index in [2.05, 4.69) is 5.32 Å². The molecule has 2 rings (SSSR count). The fourth-order valence-corrected chi connectivity index (χ4v) is 1.77. The summed E-state index contributed by atoms with van der Waals surface area (Å²) in [6, 6.07) is 14.1. The molecule has 0 saturated heterocycles. The number of carbonyl (C=O) groups excluding carboxylic acids is 1. The van der Waals surface area contributed by atoms with E-state index in [1.54, 1.807) is 50.4 Å². The number of nitrogens with two attached hydrogens (primary N) is 1. The molecule has 0 aliphatic heterocycles. The molecule has 2 aromatic carbocycles. The van der Waals surface area contributed by atoms with E-state index in [9.17, 15) is 4.79 Å². The molecule has 5 heteroatoms. The van der Waals surface area contributed by atoms with Gasteiger partial charge in [0.25, 0.3) is 5.91 Å². The highest BCUT2D eigenvalue weighted by molar-refractivity contribution is 5.94. The van der Waals surface area contributed by atoms with Crippen LogP contribution in [0.1, 0.15) is 6.92 Å². The molecule has 5 nitrogen and oxygen atoms in total. The van der Waals surface area contributed by atoms with E-state index >= 15 is 0 Å². The number of ether oxygens (including phenoxy) is 2. The summed E-state index contributed by atoms with van der Waals surface area (Å²) in [5, 5.41) is 2.77. The third kappa shape index (κ3) is 3.89. The summed E-state index contributed by atoms with van der Waals surface area (Å²) in [4.78, 5) is 12.1. The molecular formula is C16H18N2O3. The lowest BCUT2D eigenvalue weighted by Crippen LogP contribution is -2.30. The fraction of sp³-hybridized carbons (Fsp3) is 0.188. The Labute approximate surface area is 123 Å². The van der Waals surface area contributed by atoms with Crippen molar-refractivity contribution in [1.82, 2.24) is 0 Å². The number of benzene rings is 2. The number of nitrogens with one attached hydrogen (secondary N) is 1. The number of hydrogen-bond acceptors (Lipinski definition) is 4. The molecule has 0 aromatic heterocycles. The Morgan fingerprint density at radius 1 is 1.10 bits per heavy atom. The average Bonchev–Trinajstić information content (AvgIpc) is 2.50. The minimum atomic E-state index is -0.654. The molecular weight excluding hydrogens is 268 g/mol. The maximum atomic E-state index is 12.1. The van der Waals surface area contributed by atoms with Gasteiger partial charge >= 0.3 is 0 Å².